The van der Waals surface area contributed by atoms with Gasteiger partial charge in [-0.15, -0.1) is 35.6 Å². The van der Waals surface area contributed by atoms with Crippen LogP contribution in [-0.2, 0) is 11.8 Å². The molecule has 14 nitrogen and oxygen atoms in total. The highest BCUT2D eigenvalue weighted by Gasteiger charge is 2.66. The van der Waals surface area contributed by atoms with Crippen LogP contribution < -0.4 is 26.6 Å². The number of amidine groups is 1. The number of hydrogen-bond donors (Lipinski definition) is 8. The molecule has 2 atom stereocenters. The number of halogens is 3. The zero-order valence-electron chi connectivity index (χ0n) is 23.6. The average molecular weight is 650 g/mol. The molecule has 1 aliphatic heterocycles. The summed E-state index contributed by atoms with van der Waals surface area (Å²) in [5.41, 5.74) is 3.61. The summed E-state index contributed by atoms with van der Waals surface area (Å²) >= 11 is 11.9. The molecule has 0 saturated carbocycles. The molecule has 0 aromatic carbocycles. The van der Waals surface area contributed by atoms with Crippen molar-refractivity contribution in [2.24, 2.45) is 18.2 Å². The Morgan fingerprint density at radius 2 is 1.83 bits per heavy atom. The molecule has 0 spiro atoms. The maximum atomic E-state index is 14.6. The fourth-order valence-corrected chi connectivity index (χ4v) is 5.82. The fourth-order valence-electron chi connectivity index (χ4n) is 5.41. The van der Waals surface area contributed by atoms with Gasteiger partial charge in [0.05, 0.1) is 19.8 Å². The smallest absolute Gasteiger partial charge is 0.410 e. The van der Waals surface area contributed by atoms with E-state index in [1.165, 1.54) is 13.1 Å². The van der Waals surface area contributed by atoms with Crippen molar-refractivity contribution in [1.82, 2.24) is 14.9 Å². The number of aromatic amines is 1. The maximum absolute atomic E-state index is 14.6. The number of carbonyl (C=O) groups is 3. The van der Waals surface area contributed by atoms with Gasteiger partial charge in [-0.05, 0) is 13.0 Å². The first-order valence-electron chi connectivity index (χ1n) is 12.6. The predicted molar refractivity (Wildman–Crippen MR) is 166 cm³/mol. The molecule has 3 amide bonds. The molecule has 2 aromatic heterocycles. The zero-order valence-corrected chi connectivity index (χ0v) is 26.0. The summed E-state index contributed by atoms with van der Waals surface area (Å²) in [6.45, 7) is 2.39. The van der Waals surface area contributed by atoms with E-state index in [0.29, 0.717) is 36.2 Å². The first kappa shape index (κ1) is 34.6. The monoisotopic (exact) mass is 648 g/mol. The SMILES string of the molecule is Cl.Cn1cc(N(CCCl)CCCl)cc1NC(=O)C1(C(C)(NC(=O)O)C(=N)N)C[N+](C)(C)C=C1c1cc[nH]c1NC(=O)O. The summed E-state index contributed by atoms with van der Waals surface area (Å²) in [5.74, 6) is -0.0838. The number of aryl methyl sites for hydroxylation is 1. The Kier molecular flexibility index (Phi) is 10.8. The summed E-state index contributed by atoms with van der Waals surface area (Å²) in [6.07, 6.45) is 2.17. The number of H-pyrrole nitrogens is 1. The number of rotatable bonds is 12. The van der Waals surface area contributed by atoms with Crippen molar-refractivity contribution in [2.75, 3.05) is 61.0 Å². The fraction of sp³-hybridized carbons (Fsp3) is 0.440. The first-order valence-corrected chi connectivity index (χ1v) is 13.6. The second-order valence-corrected chi connectivity index (χ2v) is 11.3. The van der Waals surface area contributed by atoms with Gasteiger partial charge in [-0.3, -0.25) is 15.5 Å². The van der Waals surface area contributed by atoms with Gasteiger partial charge in [0.1, 0.15) is 35.8 Å². The van der Waals surface area contributed by atoms with E-state index in [1.807, 2.05) is 4.90 Å². The number of alkyl halides is 2. The number of anilines is 3. The zero-order chi connectivity index (χ0) is 30.8. The minimum atomic E-state index is -1.96. The van der Waals surface area contributed by atoms with Crippen LogP contribution in [0.15, 0.2) is 30.7 Å². The second kappa shape index (κ2) is 13.2. The van der Waals surface area contributed by atoms with Crippen LogP contribution in [0.1, 0.15) is 12.5 Å². The lowest BCUT2D eigenvalue weighted by atomic mass is 9.63. The normalized spacial score (nSPS) is 18.7. The van der Waals surface area contributed by atoms with Crippen molar-refractivity contribution in [3.8, 4) is 0 Å². The molecule has 42 heavy (non-hydrogen) atoms. The van der Waals surface area contributed by atoms with Gasteiger partial charge in [0.15, 0.2) is 5.41 Å². The highest BCUT2D eigenvalue weighted by Crippen LogP contribution is 2.52. The van der Waals surface area contributed by atoms with Crippen LogP contribution in [0.2, 0.25) is 0 Å². The molecule has 2 unspecified atom stereocenters. The molecule has 1 aliphatic rings. The van der Waals surface area contributed by atoms with Crippen molar-refractivity contribution >= 4 is 82.4 Å². The van der Waals surface area contributed by atoms with Crippen molar-refractivity contribution in [1.29, 1.82) is 5.41 Å². The van der Waals surface area contributed by atoms with E-state index in [9.17, 15) is 24.6 Å². The van der Waals surface area contributed by atoms with Crippen LogP contribution in [0.4, 0.5) is 26.9 Å². The molecule has 2 aromatic rings. The van der Waals surface area contributed by atoms with E-state index in [1.54, 1.807) is 50.2 Å². The summed E-state index contributed by atoms with van der Waals surface area (Å²) in [5, 5.41) is 35.3. The quantitative estimate of drug-likeness (QED) is 0.0746. The number of carbonyl (C=O) groups excluding carboxylic acids is 1. The molecule has 3 rings (SSSR count). The molecule has 0 saturated heterocycles. The molecular weight excluding hydrogens is 613 g/mol. The van der Waals surface area contributed by atoms with Crippen molar-refractivity contribution in [2.45, 2.75) is 12.5 Å². The van der Waals surface area contributed by atoms with E-state index < -0.39 is 34.9 Å². The van der Waals surface area contributed by atoms with Gasteiger partial charge in [-0.2, -0.15) is 0 Å². The van der Waals surface area contributed by atoms with Gasteiger partial charge >= 0.3 is 12.2 Å². The minimum Gasteiger partial charge on any atom is -0.465 e. The number of carboxylic acid groups (broad SMARTS) is 2. The molecule has 0 fully saturated rings. The van der Waals surface area contributed by atoms with Gasteiger partial charge in [-0.25, -0.2) is 9.59 Å². The Bertz CT molecular complexity index is 1370. The Hall–Kier alpha value is -3.59. The topological polar surface area (TPSA) is 202 Å². The lowest BCUT2D eigenvalue weighted by Crippen LogP contribution is -2.70. The largest absolute Gasteiger partial charge is 0.465 e. The van der Waals surface area contributed by atoms with Crippen LogP contribution in [0.5, 0.6) is 0 Å². The van der Waals surface area contributed by atoms with E-state index in [4.69, 9.17) is 34.3 Å². The van der Waals surface area contributed by atoms with Crippen LogP contribution in [0.25, 0.3) is 5.57 Å². The van der Waals surface area contributed by atoms with Crippen LogP contribution in [-0.4, -0.2) is 99.2 Å². The van der Waals surface area contributed by atoms with E-state index in [0.717, 1.165) is 5.69 Å². The van der Waals surface area contributed by atoms with Crippen molar-refractivity contribution in [3.05, 3.63) is 36.3 Å². The highest BCUT2D eigenvalue weighted by atomic mass is 35.5. The number of quaternary nitrogens is 1. The molecule has 0 bridgehead atoms. The molecule has 9 N–H and O–H groups in total. The highest BCUT2D eigenvalue weighted by molar-refractivity contribution is 6.18. The Labute approximate surface area is 259 Å². The first-order chi connectivity index (χ1) is 19.1. The number of aromatic nitrogens is 2. The molecule has 232 valence electrons. The Morgan fingerprint density at radius 1 is 1.21 bits per heavy atom. The predicted octanol–water partition coefficient (Wildman–Crippen LogP) is 3.17. The second-order valence-electron chi connectivity index (χ2n) is 10.6. The third-order valence-electron chi connectivity index (χ3n) is 7.30. The lowest BCUT2D eigenvalue weighted by Gasteiger charge is -2.45. The number of nitrogens with zero attached hydrogens (tertiary/aromatic N) is 3. The minimum absolute atomic E-state index is 0. The lowest BCUT2D eigenvalue weighted by molar-refractivity contribution is -0.837. The maximum Gasteiger partial charge on any atom is 0.410 e. The average Bonchev–Trinajstić information content (AvgIpc) is 3.53. The van der Waals surface area contributed by atoms with Crippen LogP contribution >= 0.6 is 35.6 Å². The van der Waals surface area contributed by atoms with E-state index >= 15 is 0 Å². The number of amides is 3. The van der Waals surface area contributed by atoms with Crippen molar-refractivity contribution in [3.63, 3.8) is 0 Å². The van der Waals surface area contributed by atoms with Gasteiger partial charge in [0.2, 0.25) is 5.91 Å². The molecule has 17 heteroatoms. The van der Waals surface area contributed by atoms with Gasteiger partial charge in [0.25, 0.3) is 0 Å². The Balaban J connectivity index is 0.00000616. The number of nitrogens with two attached hydrogens (primary N) is 1. The number of nitrogens with one attached hydrogen (secondary N) is 5. The van der Waals surface area contributed by atoms with Crippen LogP contribution in [0.3, 0.4) is 0 Å². The third kappa shape index (κ3) is 6.56. The summed E-state index contributed by atoms with van der Waals surface area (Å²) in [4.78, 5) is 43.0. The third-order valence-corrected chi connectivity index (χ3v) is 7.63. The molecule has 0 radical (unpaired) electrons. The van der Waals surface area contributed by atoms with Gasteiger partial charge in [-0.1, -0.05) is 0 Å². The molecule has 0 aliphatic carbocycles. The van der Waals surface area contributed by atoms with Gasteiger partial charge < -0.3 is 45.5 Å². The summed E-state index contributed by atoms with van der Waals surface area (Å²) in [7, 11) is 5.33. The van der Waals surface area contributed by atoms with Crippen molar-refractivity contribution < 1.29 is 29.1 Å². The Morgan fingerprint density at radius 3 is 2.36 bits per heavy atom. The van der Waals surface area contributed by atoms with E-state index in [2.05, 4.69) is 20.9 Å². The molecule has 3 heterocycles. The van der Waals surface area contributed by atoms with E-state index in [-0.39, 0.29) is 34.8 Å². The van der Waals surface area contributed by atoms with Crippen LogP contribution in [0, 0.1) is 10.8 Å². The summed E-state index contributed by atoms with van der Waals surface area (Å²) < 4.78 is 1.78. The summed E-state index contributed by atoms with van der Waals surface area (Å²) in [6, 6.07) is 3.31. The van der Waals surface area contributed by atoms with Gasteiger partial charge in [0, 0.05) is 61.5 Å². The number of hydrogen-bond acceptors (Lipinski definition) is 5. The molecular formula is C25H37Cl3N9O5+. The standard InChI is InChI=1S/C25H35Cl2N9O5.ClH/c1-24(20(28)29,33-23(40)41)25(14-36(3,4)13-17(25)16-5-8-30-19(16)32-22(38)39)21(37)31-18-11-15(12-34(18)2)35(9-6-26)10-7-27;/h5,8,11-13,30,32-33H,6-7,9-10,14H2,1-4H3,(H5-,28,29,31,37,38,39,40,41);1H/p+1.